The van der Waals surface area contributed by atoms with Crippen LogP contribution in [0.2, 0.25) is 0 Å². The Morgan fingerprint density at radius 1 is 1.00 bits per heavy atom. The van der Waals surface area contributed by atoms with Gasteiger partial charge in [0.15, 0.2) is 11.6 Å². The highest BCUT2D eigenvalue weighted by atomic mass is 79.9. The summed E-state index contributed by atoms with van der Waals surface area (Å²) in [5.41, 5.74) is -0.159. The number of halogens is 4. The first-order valence-corrected chi connectivity index (χ1v) is 6.05. The van der Waals surface area contributed by atoms with E-state index >= 15 is 0 Å². The van der Waals surface area contributed by atoms with E-state index in [1.807, 2.05) is 0 Å². The molecule has 0 aliphatic rings. The van der Waals surface area contributed by atoms with E-state index < -0.39 is 17.5 Å². The first-order chi connectivity index (χ1) is 9.01. The Labute approximate surface area is 116 Å². The van der Waals surface area contributed by atoms with Crippen LogP contribution in [0.5, 0.6) is 5.75 Å². The largest absolute Gasteiger partial charge is 0.497 e. The fourth-order valence-corrected chi connectivity index (χ4v) is 1.84. The third-order valence-corrected chi connectivity index (χ3v) is 2.93. The van der Waals surface area contributed by atoms with Gasteiger partial charge in [0, 0.05) is 16.6 Å². The van der Waals surface area contributed by atoms with E-state index in [1.54, 1.807) is 6.07 Å². The Kier molecular flexibility index (Phi) is 3.99. The molecule has 2 aromatic rings. The summed E-state index contributed by atoms with van der Waals surface area (Å²) in [6.45, 7) is 0. The minimum absolute atomic E-state index is 0.0368. The van der Waals surface area contributed by atoms with E-state index in [0.29, 0.717) is 4.47 Å². The second kappa shape index (κ2) is 5.52. The summed E-state index contributed by atoms with van der Waals surface area (Å²) in [6.07, 6.45) is 0. The molecular weight excluding hydrogens is 323 g/mol. The van der Waals surface area contributed by atoms with Gasteiger partial charge in [0.2, 0.25) is 0 Å². The fourth-order valence-electron chi connectivity index (χ4n) is 1.51. The summed E-state index contributed by atoms with van der Waals surface area (Å²) >= 11 is 3.11. The topological polar surface area (TPSA) is 21.3 Å². The van der Waals surface area contributed by atoms with E-state index in [9.17, 15) is 13.2 Å². The highest BCUT2D eigenvalue weighted by Crippen LogP contribution is 2.29. The summed E-state index contributed by atoms with van der Waals surface area (Å²) < 4.78 is 45.9. The Morgan fingerprint density at radius 2 is 1.74 bits per heavy atom. The molecule has 0 aliphatic heterocycles. The number of methoxy groups -OCH3 is 1. The third kappa shape index (κ3) is 3.01. The summed E-state index contributed by atoms with van der Waals surface area (Å²) in [6, 6.07) is 6.38. The fraction of sp³-hybridized carbons (Fsp3) is 0.0769. The average molecular weight is 332 g/mol. The molecule has 0 fully saturated rings. The number of hydrogen-bond donors (Lipinski definition) is 1. The van der Waals surface area contributed by atoms with Crippen LogP contribution < -0.4 is 10.1 Å². The first-order valence-electron chi connectivity index (χ1n) is 5.26. The molecule has 0 saturated carbocycles. The molecule has 0 aliphatic carbocycles. The van der Waals surface area contributed by atoms with Gasteiger partial charge in [0.25, 0.3) is 0 Å². The molecular formula is C13H9BrF3NO. The van der Waals surface area contributed by atoms with Crippen LogP contribution in [0.4, 0.5) is 24.5 Å². The molecule has 2 aromatic carbocycles. The van der Waals surface area contributed by atoms with Crippen molar-refractivity contribution in [1.29, 1.82) is 0 Å². The van der Waals surface area contributed by atoms with Crippen molar-refractivity contribution in [2.45, 2.75) is 0 Å². The van der Waals surface area contributed by atoms with E-state index in [2.05, 4.69) is 21.2 Å². The predicted octanol–water partition coefficient (Wildman–Crippen LogP) is 4.62. The first kappa shape index (κ1) is 13.7. The SMILES string of the molecule is COc1cc(F)c(F)c(Nc2ccc(Br)cc2F)c1. The number of nitrogens with one attached hydrogen (secondary N) is 1. The molecule has 0 saturated heterocycles. The maximum atomic E-state index is 13.6. The number of rotatable bonds is 3. The van der Waals surface area contributed by atoms with Gasteiger partial charge in [-0.15, -0.1) is 0 Å². The molecule has 0 amide bonds. The lowest BCUT2D eigenvalue weighted by atomic mass is 10.2. The standard InChI is InChI=1S/C13H9BrF3NO/c1-19-8-5-10(16)13(17)12(6-8)18-11-3-2-7(14)4-9(11)15/h2-6,18H,1H3. The van der Waals surface area contributed by atoms with Crippen LogP contribution in [0.25, 0.3) is 0 Å². The number of benzene rings is 2. The number of hydrogen-bond acceptors (Lipinski definition) is 2. The molecule has 19 heavy (non-hydrogen) atoms. The maximum absolute atomic E-state index is 13.6. The zero-order valence-electron chi connectivity index (χ0n) is 9.81. The van der Waals surface area contributed by atoms with Crippen molar-refractivity contribution in [3.63, 3.8) is 0 Å². The summed E-state index contributed by atoms with van der Waals surface area (Å²) in [5.74, 6) is -2.61. The Balaban J connectivity index is 2.40. The lowest BCUT2D eigenvalue weighted by molar-refractivity contribution is 0.407. The normalized spacial score (nSPS) is 10.4. The molecule has 0 aromatic heterocycles. The highest BCUT2D eigenvalue weighted by Gasteiger charge is 2.13. The van der Waals surface area contributed by atoms with Crippen LogP contribution in [-0.2, 0) is 0 Å². The number of ether oxygens (including phenoxy) is 1. The van der Waals surface area contributed by atoms with Crippen molar-refractivity contribution in [3.05, 3.63) is 52.3 Å². The summed E-state index contributed by atoms with van der Waals surface area (Å²) in [7, 11) is 1.33. The molecule has 0 radical (unpaired) electrons. The summed E-state index contributed by atoms with van der Waals surface area (Å²) in [5, 5.41) is 2.49. The van der Waals surface area contributed by atoms with Gasteiger partial charge in [-0.25, -0.2) is 13.2 Å². The zero-order valence-corrected chi connectivity index (χ0v) is 11.4. The predicted molar refractivity (Wildman–Crippen MR) is 70.3 cm³/mol. The molecule has 2 rings (SSSR count). The lowest BCUT2D eigenvalue weighted by Crippen LogP contribution is -1.99. The van der Waals surface area contributed by atoms with Gasteiger partial charge in [-0.05, 0) is 18.2 Å². The minimum atomic E-state index is -1.09. The van der Waals surface area contributed by atoms with Gasteiger partial charge in [0.05, 0.1) is 18.5 Å². The molecule has 0 spiro atoms. The van der Waals surface area contributed by atoms with Gasteiger partial charge >= 0.3 is 0 Å². The van der Waals surface area contributed by atoms with Gasteiger partial charge in [-0.2, -0.15) is 0 Å². The second-order valence-corrected chi connectivity index (χ2v) is 4.64. The van der Waals surface area contributed by atoms with Crippen LogP contribution in [0.1, 0.15) is 0 Å². The monoisotopic (exact) mass is 331 g/mol. The van der Waals surface area contributed by atoms with Crippen molar-refractivity contribution < 1.29 is 17.9 Å². The van der Waals surface area contributed by atoms with Crippen molar-refractivity contribution in [2.24, 2.45) is 0 Å². The van der Waals surface area contributed by atoms with Gasteiger partial charge in [-0.3, -0.25) is 0 Å². The molecule has 2 nitrogen and oxygen atoms in total. The van der Waals surface area contributed by atoms with Gasteiger partial charge in [0.1, 0.15) is 11.6 Å². The highest BCUT2D eigenvalue weighted by molar-refractivity contribution is 9.10. The molecule has 0 atom stereocenters. The molecule has 0 unspecified atom stereocenters. The Morgan fingerprint density at radius 3 is 2.37 bits per heavy atom. The molecule has 6 heteroatoms. The quantitative estimate of drug-likeness (QED) is 0.886. The van der Waals surface area contributed by atoms with Crippen LogP contribution in [0.3, 0.4) is 0 Å². The molecule has 0 heterocycles. The smallest absolute Gasteiger partial charge is 0.182 e. The molecule has 0 bridgehead atoms. The molecule has 100 valence electrons. The van der Waals surface area contributed by atoms with Crippen molar-refractivity contribution >= 4 is 27.3 Å². The summed E-state index contributed by atoms with van der Waals surface area (Å²) in [4.78, 5) is 0. The van der Waals surface area contributed by atoms with E-state index in [0.717, 1.165) is 6.07 Å². The van der Waals surface area contributed by atoms with Crippen molar-refractivity contribution in [1.82, 2.24) is 0 Å². The third-order valence-electron chi connectivity index (χ3n) is 2.44. The van der Waals surface area contributed by atoms with Crippen LogP contribution >= 0.6 is 15.9 Å². The van der Waals surface area contributed by atoms with E-state index in [4.69, 9.17) is 4.74 Å². The minimum Gasteiger partial charge on any atom is -0.497 e. The molecule has 1 N–H and O–H groups in total. The van der Waals surface area contributed by atoms with E-state index in [-0.39, 0.29) is 17.1 Å². The van der Waals surface area contributed by atoms with Gasteiger partial charge < -0.3 is 10.1 Å². The van der Waals surface area contributed by atoms with E-state index in [1.165, 1.54) is 25.3 Å². The second-order valence-electron chi connectivity index (χ2n) is 3.72. The van der Waals surface area contributed by atoms with Crippen LogP contribution in [0, 0.1) is 17.5 Å². The van der Waals surface area contributed by atoms with Gasteiger partial charge in [-0.1, -0.05) is 15.9 Å². The van der Waals surface area contributed by atoms with Crippen molar-refractivity contribution in [2.75, 3.05) is 12.4 Å². The Bertz CT molecular complexity index is 619. The average Bonchev–Trinajstić information content (AvgIpc) is 2.37. The van der Waals surface area contributed by atoms with Crippen LogP contribution in [-0.4, -0.2) is 7.11 Å². The lowest BCUT2D eigenvalue weighted by Gasteiger charge is -2.11. The Hall–Kier alpha value is -1.69. The number of anilines is 2. The maximum Gasteiger partial charge on any atom is 0.182 e. The van der Waals surface area contributed by atoms with Crippen LogP contribution in [0.15, 0.2) is 34.8 Å². The zero-order chi connectivity index (χ0) is 14.0. The van der Waals surface area contributed by atoms with Crippen molar-refractivity contribution in [3.8, 4) is 5.75 Å².